The zero-order valence-electron chi connectivity index (χ0n) is 10.9. The second-order valence-electron chi connectivity index (χ2n) is 3.90. The lowest BCUT2D eigenvalue weighted by molar-refractivity contribution is -0.144. The second-order valence-corrected chi connectivity index (χ2v) is 5.71. The molecular formula is C12H15N3O3S2. The van der Waals surface area contributed by atoms with Gasteiger partial charge in [0.2, 0.25) is 0 Å². The van der Waals surface area contributed by atoms with Gasteiger partial charge in [-0.3, -0.25) is 4.79 Å². The van der Waals surface area contributed by atoms with Gasteiger partial charge in [-0.05, 0) is 18.4 Å². The SMILES string of the molecule is CCOC(=O)C(N)CSCc1noc(-c2ccsc2)n1. The van der Waals surface area contributed by atoms with Crippen LogP contribution in [0.3, 0.4) is 0 Å². The van der Waals surface area contributed by atoms with E-state index in [2.05, 4.69) is 10.1 Å². The van der Waals surface area contributed by atoms with Gasteiger partial charge in [0.1, 0.15) is 6.04 Å². The zero-order valence-corrected chi connectivity index (χ0v) is 12.6. The van der Waals surface area contributed by atoms with E-state index in [4.69, 9.17) is 15.0 Å². The van der Waals surface area contributed by atoms with E-state index >= 15 is 0 Å². The first-order valence-electron chi connectivity index (χ1n) is 6.05. The van der Waals surface area contributed by atoms with Crippen LogP contribution in [0.1, 0.15) is 12.7 Å². The minimum atomic E-state index is -0.622. The molecule has 0 aliphatic carbocycles. The third-order valence-corrected chi connectivity index (χ3v) is 4.09. The average molecular weight is 313 g/mol. The monoisotopic (exact) mass is 313 g/mol. The summed E-state index contributed by atoms with van der Waals surface area (Å²) in [7, 11) is 0. The molecule has 1 unspecified atom stereocenters. The molecule has 20 heavy (non-hydrogen) atoms. The third kappa shape index (κ3) is 4.06. The maximum Gasteiger partial charge on any atom is 0.323 e. The van der Waals surface area contributed by atoms with Crippen molar-refractivity contribution < 1.29 is 14.1 Å². The predicted octanol–water partition coefficient (Wildman–Crippen LogP) is 1.92. The lowest BCUT2D eigenvalue weighted by Gasteiger charge is -2.08. The largest absolute Gasteiger partial charge is 0.465 e. The Bertz CT molecular complexity index is 542. The van der Waals surface area contributed by atoms with Crippen LogP contribution >= 0.6 is 23.1 Å². The van der Waals surface area contributed by atoms with E-state index in [0.29, 0.717) is 29.8 Å². The van der Waals surface area contributed by atoms with Crippen molar-refractivity contribution in [3.63, 3.8) is 0 Å². The molecule has 0 aliphatic heterocycles. The summed E-state index contributed by atoms with van der Waals surface area (Å²) in [4.78, 5) is 15.6. The van der Waals surface area contributed by atoms with E-state index in [1.807, 2.05) is 16.8 Å². The number of rotatable bonds is 7. The van der Waals surface area contributed by atoms with Gasteiger partial charge in [0.25, 0.3) is 5.89 Å². The van der Waals surface area contributed by atoms with Crippen molar-refractivity contribution >= 4 is 29.1 Å². The molecule has 2 aromatic heterocycles. The van der Waals surface area contributed by atoms with Gasteiger partial charge in [-0.2, -0.15) is 28.1 Å². The quantitative estimate of drug-likeness (QED) is 0.781. The molecule has 2 N–H and O–H groups in total. The van der Waals surface area contributed by atoms with Crippen LogP contribution in [-0.2, 0) is 15.3 Å². The van der Waals surface area contributed by atoms with E-state index in [9.17, 15) is 4.79 Å². The van der Waals surface area contributed by atoms with Crippen molar-refractivity contribution in [2.75, 3.05) is 12.4 Å². The Morgan fingerprint density at radius 3 is 3.20 bits per heavy atom. The Kier molecular flexibility index (Phi) is 5.57. The topological polar surface area (TPSA) is 91.2 Å². The Morgan fingerprint density at radius 2 is 2.50 bits per heavy atom. The van der Waals surface area contributed by atoms with Gasteiger partial charge in [0, 0.05) is 11.1 Å². The van der Waals surface area contributed by atoms with Gasteiger partial charge in [0.05, 0.1) is 17.9 Å². The molecule has 0 fully saturated rings. The Hall–Kier alpha value is -1.38. The lowest BCUT2D eigenvalue weighted by Crippen LogP contribution is -2.34. The number of hydrogen-bond acceptors (Lipinski definition) is 8. The van der Waals surface area contributed by atoms with Gasteiger partial charge in [-0.25, -0.2) is 0 Å². The fourth-order valence-corrected chi connectivity index (χ4v) is 2.85. The highest BCUT2D eigenvalue weighted by Crippen LogP contribution is 2.21. The molecule has 0 spiro atoms. The molecule has 0 saturated heterocycles. The van der Waals surface area contributed by atoms with Crippen LogP contribution < -0.4 is 5.73 Å². The molecular weight excluding hydrogens is 298 g/mol. The van der Waals surface area contributed by atoms with Crippen molar-refractivity contribution in [2.24, 2.45) is 5.73 Å². The number of thiophene rings is 1. The van der Waals surface area contributed by atoms with Crippen LogP contribution in [0.4, 0.5) is 0 Å². The molecule has 2 rings (SSSR count). The van der Waals surface area contributed by atoms with Gasteiger partial charge in [0.15, 0.2) is 5.82 Å². The molecule has 108 valence electrons. The third-order valence-electron chi connectivity index (χ3n) is 2.35. The van der Waals surface area contributed by atoms with Crippen LogP contribution in [0, 0.1) is 0 Å². The highest BCUT2D eigenvalue weighted by atomic mass is 32.2. The first kappa shape index (κ1) is 15.0. The number of nitrogens with two attached hydrogens (primary N) is 1. The van der Waals surface area contributed by atoms with Gasteiger partial charge < -0.3 is 15.0 Å². The Labute approximate surface area is 124 Å². The summed E-state index contributed by atoms with van der Waals surface area (Å²) >= 11 is 3.04. The summed E-state index contributed by atoms with van der Waals surface area (Å²) in [5, 5.41) is 7.79. The fraction of sp³-hybridized carbons (Fsp3) is 0.417. The standard InChI is InChI=1S/C12H15N3O3S2/c1-2-17-12(16)9(13)6-20-7-10-14-11(18-15-10)8-3-4-19-5-8/h3-5,9H,2,6-7,13H2,1H3. The molecule has 2 aromatic rings. The van der Waals surface area contributed by atoms with Gasteiger partial charge in [-0.1, -0.05) is 5.16 Å². The number of carbonyl (C=O) groups is 1. The molecule has 0 amide bonds. The van der Waals surface area contributed by atoms with Crippen LogP contribution in [0.15, 0.2) is 21.3 Å². The van der Waals surface area contributed by atoms with Crippen molar-refractivity contribution in [3.05, 3.63) is 22.7 Å². The summed E-state index contributed by atoms with van der Waals surface area (Å²) < 4.78 is 10.00. The number of aromatic nitrogens is 2. The molecule has 0 saturated carbocycles. The van der Waals surface area contributed by atoms with Crippen LogP contribution in [0.2, 0.25) is 0 Å². The first-order chi connectivity index (χ1) is 9.70. The number of nitrogens with zero attached hydrogens (tertiary/aromatic N) is 2. The number of carbonyl (C=O) groups excluding carboxylic acids is 1. The number of hydrogen-bond donors (Lipinski definition) is 1. The first-order valence-corrected chi connectivity index (χ1v) is 8.15. The molecule has 8 heteroatoms. The molecule has 0 aliphatic rings. The van der Waals surface area contributed by atoms with E-state index in [1.54, 1.807) is 18.3 Å². The molecule has 1 atom stereocenters. The molecule has 0 aromatic carbocycles. The van der Waals surface area contributed by atoms with E-state index in [-0.39, 0.29) is 5.97 Å². The maximum absolute atomic E-state index is 11.3. The zero-order chi connectivity index (χ0) is 14.4. The summed E-state index contributed by atoms with van der Waals surface area (Å²) in [6, 6.07) is 1.30. The maximum atomic E-state index is 11.3. The minimum absolute atomic E-state index is 0.339. The summed E-state index contributed by atoms with van der Waals surface area (Å²) in [6.45, 7) is 2.09. The van der Waals surface area contributed by atoms with Crippen LogP contribution in [0.5, 0.6) is 0 Å². The lowest BCUT2D eigenvalue weighted by atomic mass is 10.3. The number of ether oxygens (including phenoxy) is 1. The minimum Gasteiger partial charge on any atom is -0.465 e. The summed E-state index contributed by atoms with van der Waals surface area (Å²) in [5.41, 5.74) is 6.61. The van der Waals surface area contributed by atoms with Crippen LogP contribution in [0.25, 0.3) is 11.5 Å². The van der Waals surface area contributed by atoms with E-state index in [0.717, 1.165) is 5.56 Å². The predicted molar refractivity (Wildman–Crippen MR) is 78.4 cm³/mol. The Balaban J connectivity index is 1.79. The second kappa shape index (κ2) is 7.41. The fourth-order valence-electron chi connectivity index (χ4n) is 1.41. The molecule has 0 bridgehead atoms. The number of thioether (sulfide) groups is 1. The summed E-state index contributed by atoms with van der Waals surface area (Å²) in [6.07, 6.45) is 0. The molecule has 2 heterocycles. The molecule has 0 radical (unpaired) electrons. The van der Waals surface area contributed by atoms with Crippen molar-refractivity contribution in [1.82, 2.24) is 10.1 Å². The van der Waals surface area contributed by atoms with Crippen molar-refractivity contribution in [1.29, 1.82) is 0 Å². The van der Waals surface area contributed by atoms with Crippen molar-refractivity contribution in [2.45, 2.75) is 18.7 Å². The Morgan fingerprint density at radius 1 is 1.65 bits per heavy atom. The van der Waals surface area contributed by atoms with Gasteiger partial charge >= 0.3 is 5.97 Å². The highest BCUT2D eigenvalue weighted by Gasteiger charge is 2.15. The highest BCUT2D eigenvalue weighted by molar-refractivity contribution is 7.98. The van der Waals surface area contributed by atoms with Gasteiger partial charge in [-0.15, -0.1) is 0 Å². The van der Waals surface area contributed by atoms with Crippen LogP contribution in [-0.4, -0.2) is 34.5 Å². The van der Waals surface area contributed by atoms with E-state index in [1.165, 1.54) is 11.8 Å². The molecule has 6 nitrogen and oxygen atoms in total. The van der Waals surface area contributed by atoms with Crippen molar-refractivity contribution in [3.8, 4) is 11.5 Å². The normalized spacial score (nSPS) is 12.3. The van der Waals surface area contributed by atoms with E-state index < -0.39 is 6.04 Å². The number of esters is 1. The summed E-state index contributed by atoms with van der Waals surface area (Å²) in [5.74, 6) is 1.72. The average Bonchev–Trinajstić information content (AvgIpc) is 3.09. The smallest absolute Gasteiger partial charge is 0.323 e.